The van der Waals surface area contributed by atoms with Crippen molar-refractivity contribution in [3.05, 3.63) is 68.7 Å². The number of nitro groups is 1. The largest absolute Gasteiger partial charge is 0.477 e. The number of non-ortho nitro benzene ring substituents is 1. The van der Waals surface area contributed by atoms with Crippen LogP contribution in [0.4, 0.5) is 5.69 Å². The molecule has 14 heteroatoms. The van der Waals surface area contributed by atoms with Crippen molar-refractivity contribution in [1.82, 2.24) is 19.2 Å². The van der Waals surface area contributed by atoms with Crippen LogP contribution in [-0.2, 0) is 20.8 Å². The van der Waals surface area contributed by atoms with Gasteiger partial charge in [-0.1, -0.05) is 19.1 Å². The number of nitro benzene ring substituents is 1. The number of nitrogens with zero attached hydrogens (tertiary/aromatic N) is 5. The predicted octanol–water partition coefficient (Wildman–Crippen LogP) is 2.23. The van der Waals surface area contributed by atoms with Crippen LogP contribution in [0.25, 0.3) is 10.4 Å². The van der Waals surface area contributed by atoms with E-state index in [1.54, 1.807) is 36.8 Å². The molecule has 1 fully saturated rings. The van der Waals surface area contributed by atoms with Gasteiger partial charge in [0, 0.05) is 43.4 Å². The second kappa shape index (κ2) is 9.89. The van der Waals surface area contributed by atoms with E-state index in [9.17, 15) is 39.5 Å². The molecular formula is C27H27N5O8S. The van der Waals surface area contributed by atoms with Gasteiger partial charge in [0.15, 0.2) is 5.78 Å². The van der Waals surface area contributed by atoms with Crippen LogP contribution < -0.4 is 0 Å². The lowest BCUT2D eigenvalue weighted by molar-refractivity contribution is -0.384. The molecule has 13 nitrogen and oxygen atoms in total. The molecule has 4 heterocycles. The van der Waals surface area contributed by atoms with Crippen LogP contribution in [0.1, 0.15) is 41.2 Å². The van der Waals surface area contributed by atoms with E-state index in [1.165, 1.54) is 35.2 Å². The predicted molar refractivity (Wildman–Crippen MR) is 146 cm³/mol. The van der Waals surface area contributed by atoms with Gasteiger partial charge >= 0.3 is 5.97 Å². The number of carbonyl (C=O) groups excluding carboxylic acids is 3. The highest BCUT2D eigenvalue weighted by Gasteiger charge is 2.66. The second-order valence-electron chi connectivity index (χ2n) is 10.8. The van der Waals surface area contributed by atoms with Gasteiger partial charge in [-0.15, -0.1) is 11.3 Å². The number of hydrogen-bond donors (Lipinski definition) is 2. The average Bonchev–Trinajstić information content (AvgIpc) is 3.52. The number of aromatic nitrogens is 2. The Morgan fingerprint density at radius 1 is 1.24 bits per heavy atom. The zero-order valence-electron chi connectivity index (χ0n) is 22.6. The fourth-order valence-corrected chi connectivity index (χ4v) is 7.17. The van der Waals surface area contributed by atoms with E-state index in [4.69, 9.17) is 0 Å². The van der Waals surface area contributed by atoms with Crippen molar-refractivity contribution in [3.8, 4) is 0 Å². The Morgan fingerprint density at radius 3 is 2.46 bits per heavy atom. The topological polar surface area (TPSA) is 176 Å². The minimum absolute atomic E-state index is 0.0743. The number of carbonyl (C=O) groups is 4. The average molecular weight is 582 g/mol. The number of rotatable bonds is 9. The van der Waals surface area contributed by atoms with E-state index in [-0.39, 0.29) is 35.8 Å². The Labute approximate surface area is 237 Å². The highest BCUT2D eigenvalue weighted by Crippen LogP contribution is 2.59. The van der Waals surface area contributed by atoms with Crippen molar-refractivity contribution in [1.29, 1.82) is 0 Å². The summed E-state index contributed by atoms with van der Waals surface area (Å²) in [6.45, 7) is 3.30. The summed E-state index contributed by atoms with van der Waals surface area (Å²) >= 11 is 1.12. The summed E-state index contributed by atoms with van der Waals surface area (Å²) in [5.74, 6) is -3.55. The van der Waals surface area contributed by atoms with Gasteiger partial charge in [0.1, 0.15) is 22.5 Å². The van der Waals surface area contributed by atoms with Gasteiger partial charge in [-0.2, -0.15) is 0 Å². The van der Waals surface area contributed by atoms with E-state index in [0.717, 1.165) is 11.3 Å². The number of β-lactam (4-membered cyclic amide) rings is 1. The lowest BCUT2D eigenvalue weighted by Gasteiger charge is -2.51. The molecule has 1 aromatic carbocycles. The number of Topliss-reactive ketones (excluding diaryl/α,β-unsaturated/α-hetero) is 1. The highest BCUT2D eigenvalue weighted by molar-refractivity contribution is 7.18. The Kier molecular flexibility index (Phi) is 6.78. The Morgan fingerprint density at radius 2 is 1.90 bits per heavy atom. The molecule has 2 aliphatic rings. The first kappa shape index (κ1) is 28.1. The third kappa shape index (κ3) is 4.39. The fraction of sp³-hybridized carbons (Fsp3) is 0.370. The molecule has 3 aromatic rings. The first-order valence-corrected chi connectivity index (χ1v) is 13.5. The van der Waals surface area contributed by atoms with Crippen molar-refractivity contribution in [2.75, 3.05) is 14.1 Å². The minimum atomic E-state index is -1.32. The summed E-state index contributed by atoms with van der Waals surface area (Å²) in [6.07, 6.45) is 1.83. The van der Waals surface area contributed by atoms with Crippen LogP contribution >= 0.6 is 11.3 Å². The van der Waals surface area contributed by atoms with Crippen LogP contribution in [0.15, 0.2) is 42.5 Å². The Bertz CT molecular complexity index is 1650. The molecule has 2 aromatic heterocycles. The maximum atomic E-state index is 13.2. The van der Waals surface area contributed by atoms with Crippen LogP contribution in [0.5, 0.6) is 0 Å². The van der Waals surface area contributed by atoms with Crippen molar-refractivity contribution in [3.63, 3.8) is 0 Å². The van der Waals surface area contributed by atoms with Gasteiger partial charge in [-0.05, 0) is 18.9 Å². The summed E-state index contributed by atoms with van der Waals surface area (Å²) in [5.41, 5.74) is -0.240. The number of aliphatic carboxylic acids is 1. The number of aliphatic hydroxyl groups is 1. The van der Waals surface area contributed by atoms with Crippen LogP contribution in [-0.4, -0.2) is 84.1 Å². The number of hydrogen-bond acceptors (Lipinski definition) is 9. The third-order valence-electron chi connectivity index (χ3n) is 7.82. The van der Waals surface area contributed by atoms with Crippen LogP contribution in [0.2, 0.25) is 0 Å². The fourth-order valence-electron chi connectivity index (χ4n) is 5.90. The molecule has 214 valence electrons. The molecule has 2 aliphatic heterocycles. The lowest BCUT2D eigenvalue weighted by atomic mass is 9.64. The zero-order chi connectivity index (χ0) is 30.0. The first-order chi connectivity index (χ1) is 19.3. The van der Waals surface area contributed by atoms with Gasteiger partial charge in [0.05, 0.1) is 34.3 Å². The molecule has 0 bridgehead atoms. The molecule has 0 saturated carbocycles. The van der Waals surface area contributed by atoms with Crippen LogP contribution in [0, 0.1) is 21.4 Å². The van der Waals surface area contributed by atoms with Crippen molar-refractivity contribution in [2.24, 2.45) is 11.3 Å². The number of aliphatic hydroxyl groups excluding tert-OH is 1. The van der Waals surface area contributed by atoms with Gasteiger partial charge in [0.25, 0.3) is 5.69 Å². The first-order valence-electron chi connectivity index (χ1n) is 12.7. The second-order valence-corrected chi connectivity index (χ2v) is 11.8. The van der Waals surface area contributed by atoms with Gasteiger partial charge < -0.3 is 20.0 Å². The normalized spacial score (nSPS) is 22.5. The summed E-state index contributed by atoms with van der Waals surface area (Å²) in [6, 6.07) is 5.20. The van der Waals surface area contributed by atoms with Crippen molar-refractivity contribution >= 4 is 51.0 Å². The van der Waals surface area contributed by atoms with E-state index in [0.29, 0.717) is 20.8 Å². The number of ketones is 1. The molecule has 0 spiro atoms. The quantitative estimate of drug-likeness (QED) is 0.126. The number of thiazole rings is 1. The van der Waals surface area contributed by atoms with E-state index in [1.807, 2.05) is 6.92 Å². The zero-order valence-corrected chi connectivity index (χ0v) is 23.4. The maximum Gasteiger partial charge on any atom is 0.352 e. The van der Waals surface area contributed by atoms with E-state index >= 15 is 0 Å². The van der Waals surface area contributed by atoms with E-state index in [2.05, 4.69) is 4.98 Å². The number of benzene rings is 1. The molecule has 0 aliphatic carbocycles. The highest BCUT2D eigenvalue weighted by atomic mass is 32.1. The van der Waals surface area contributed by atoms with E-state index < -0.39 is 46.1 Å². The Balaban J connectivity index is 1.64. The molecule has 5 rings (SSSR count). The van der Waals surface area contributed by atoms with Gasteiger partial charge in [0.2, 0.25) is 11.8 Å². The van der Waals surface area contributed by atoms with Crippen LogP contribution in [0.3, 0.4) is 0 Å². The number of fused-ring (bicyclic) bond motifs is 2. The number of carboxylic acid groups (broad SMARTS) is 1. The summed E-state index contributed by atoms with van der Waals surface area (Å²) < 4.78 is 1.58. The smallest absolute Gasteiger partial charge is 0.352 e. The molecule has 4 atom stereocenters. The third-order valence-corrected chi connectivity index (χ3v) is 8.94. The molecule has 0 radical (unpaired) electrons. The maximum absolute atomic E-state index is 13.2. The monoisotopic (exact) mass is 581 g/mol. The standard InChI is InChI=1S/C27H27N5O8S/c1-13(33)19-23-27(2,10-14-5-7-15(8-6-14)32(39)40)20(22(26(37)38)31(23)24(19)36)17-11-30-12-28-21(25(30)41-17)16(34)9-18(35)29(3)4/h5-8,11-13,19,23,33H,9-10H2,1-4H3,(H,37,38)/t13-,19-,23-,27+/m1/s1. The van der Waals surface area contributed by atoms with Crippen molar-refractivity contribution < 1.29 is 34.3 Å². The number of imidazole rings is 1. The van der Waals surface area contributed by atoms with Gasteiger partial charge in [-0.25, -0.2) is 9.78 Å². The minimum Gasteiger partial charge on any atom is -0.477 e. The van der Waals surface area contributed by atoms with Gasteiger partial charge in [-0.3, -0.25) is 28.9 Å². The molecular weight excluding hydrogens is 554 g/mol. The molecule has 2 N–H and O–H groups in total. The molecule has 1 saturated heterocycles. The summed E-state index contributed by atoms with van der Waals surface area (Å²) in [4.78, 5) is 69.1. The number of carboxylic acids is 1. The number of amides is 2. The molecule has 41 heavy (non-hydrogen) atoms. The summed E-state index contributed by atoms with van der Waals surface area (Å²) in [7, 11) is 3.08. The molecule has 2 amide bonds. The SMILES string of the molecule is C[C@@H](O)[C@H]1C(=O)N2C(C(=O)O)=C(c3cn4cnc(C(=O)CC(=O)N(C)C)c4s3)[C@](C)(Cc3ccc([N+](=O)[O-])cc3)[C@@H]12. The summed E-state index contributed by atoms with van der Waals surface area (Å²) in [5, 5.41) is 32.0. The Hall–Kier alpha value is -4.43. The lowest BCUT2D eigenvalue weighted by Crippen LogP contribution is -2.66. The molecule has 0 unspecified atom stereocenters. The van der Waals surface area contributed by atoms with Crippen molar-refractivity contribution in [2.45, 2.75) is 38.8 Å².